The molecule has 1 aromatic rings. The van der Waals surface area contributed by atoms with Crippen LogP contribution in [0.1, 0.15) is 33.1 Å². The van der Waals surface area contributed by atoms with Gasteiger partial charge < -0.3 is 29.9 Å². The van der Waals surface area contributed by atoms with Crippen LogP contribution < -0.4 is 20.4 Å². The Bertz CT molecular complexity index is 713. The summed E-state index contributed by atoms with van der Waals surface area (Å²) in [4.78, 5) is 14.3. The topological polar surface area (TPSA) is 74.8 Å². The lowest BCUT2D eigenvalue weighted by Crippen LogP contribution is -2.40. The Morgan fingerprint density at radius 1 is 1.10 bits per heavy atom. The minimum Gasteiger partial charge on any atom is -0.378 e. The molecular formula is C21H34N6O2S. The first-order valence-corrected chi connectivity index (χ1v) is 11.6. The Labute approximate surface area is 184 Å². The molecule has 0 aliphatic carbocycles. The number of nitrogens with one attached hydrogen (secondary N) is 2. The minimum absolute atomic E-state index is 0.234. The van der Waals surface area contributed by atoms with Crippen molar-refractivity contribution in [3.05, 3.63) is 6.07 Å². The van der Waals surface area contributed by atoms with Gasteiger partial charge in [0.25, 0.3) is 0 Å². The van der Waals surface area contributed by atoms with Gasteiger partial charge >= 0.3 is 0 Å². The molecule has 0 aromatic carbocycles. The summed E-state index contributed by atoms with van der Waals surface area (Å²) in [5.74, 6) is 3.75. The Morgan fingerprint density at radius 2 is 1.80 bits per heavy atom. The Morgan fingerprint density at radius 3 is 2.47 bits per heavy atom. The number of hydrogen-bond donors (Lipinski definition) is 2. The molecule has 3 saturated heterocycles. The molecule has 0 radical (unpaired) electrons. The van der Waals surface area contributed by atoms with Gasteiger partial charge in [-0.1, -0.05) is 13.8 Å². The fraction of sp³-hybridized carbons (Fsp3) is 0.762. The molecule has 30 heavy (non-hydrogen) atoms. The lowest BCUT2D eigenvalue weighted by molar-refractivity contribution is 0.114. The summed E-state index contributed by atoms with van der Waals surface area (Å²) in [6.07, 6.45) is 3.69. The predicted octanol–water partition coefficient (Wildman–Crippen LogP) is 2.26. The van der Waals surface area contributed by atoms with Crippen molar-refractivity contribution < 1.29 is 9.47 Å². The normalized spacial score (nSPS) is 27.2. The summed E-state index contributed by atoms with van der Waals surface area (Å²) in [6.45, 7) is 11.3. The van der Waals surface area contributed by atoms with E-state index in [1.54, 1.807) is 0 Å². The molecule has 3 aliphatic heterocycles. The first-order chi connectivity index (χ1) is 14.6. The van der Waals surface area contributed by atoms with Crippen LogP contribution in [0, 0.1) is 11.8 Å². The van der Waals surface area contributed by atoms with Crippen LogP contribution >= 0.6 is 12.2 Å². The number of morpholine rings is 1. The van der Waals surface area contributed by atoms with E-state index in [2.05, 4.69) is 40.3 Å². The van der Waals surface area contributed by atoms with E-state index < -0.39 is 0 Å². The first kappa shape index (κ1) is 21.5. The highest BCUT2D eigenvalue weighted by Gasteiger charge is 2.25. The van der Waals surface area contributed by atoms with Crippen molar-refractivity contribution >= 4 is 34.9 Å². The van der Waals surface area contributed by atoms with Crippen LogP contribution in [0.15, 0.2) is 6.07 Å². The van der Waals surface area contributed by atoms with Crippen molar-refractivity contribution in [1.29, 1.82) is 0 Å². The molecule has 3 atom stereocenters. The van der Waals surface area contributed by atoms with Crippen LogP contribution in [0.3, 0.4) is 0 Å². The van der Waals surface area contributed by atoms with Crippen molar-refractivity contribution in [2.75, 3.05) is 67.7 Å². The Hall–Kier alpha value is -1.71. The van der Waals surface area contributed by atoms with E-state index in [-0.39, 0.29) is 6.10 Å². The zero-order valence-corrected chi connectivity index (χ0v) is 18.9. The van der Waals surface area contributed by atoms with Gasteiger partial charge in [-0.25, -0.2) is 0 Å². The second kappa shape index (κ2) is 10.1. The number of hydrogen-bond acceptors (Lipinski definition) is 7. The molecule has 4 heterocycles. The summed E-state index contributed by atoms with van der Waals surface area (Å²) in [7, 11) is 0. The van der Waals surface area contributed by atoms with Gasteiger partial charge in [-0.05, 0) is 43.3 Å². The highest BCUT2D eigenvalue weighted by atomic mass is 32.1. The van der Waals surface area contributed by atoms with Gasteiger partial charge in [0.05, 0.1) is 19.3 Å². The zero-order chi connectivity index (χ0) is 20.9. The van der Waals surface area contributed by atoms with Crippen molar-refractivity contribution in [1.82, 2.24) is 15.3 Å². The fourth-order valence-electron chi connectivity index (χ4n) is 4.60. The number of ether oxygens (including phenoxy) is 2. The van der Waals surface area contributed by atoms with Gasteiger partial charge in [0.1, 0.15) is 11.6 Å². The van der Waals surface area contributed by atoms with Gasteiger partial charge in [0.2, 0.25) is 5.95 Å². The summed E-state index contributed by atoms with van der Waals surface area (Å²) >= 11 is 5.50. The summed E-state index contributed by atoms with van der Waals surface area (Å²) in [5.41, 5.74) is 0. The lowest BCUT2D eigenvalue weighted by atomic mass is 9.92. The summed E-state index contributed by atoms with van der Waals surface area (Å²) < 4.78 is 11.2. The third-order valence-corrected chi connectivity index (χ3v) is 6.21. The second-order valence-corrected chi connectivity index (χ2v) is 9.24. The van der Waals surface area contributed by atoms with Crippen LogP contribution in [0.5, 0.6) is 0 Å². The van der Waals surface area contributed by atoms with Crippen LogP contribution in [-0.2, 0) is 9.47 Å². The molecule has 0 unspecified atom stereocenters. The zero-order valence-electron chi connectivity index (χ0n) is 18.1. The number of nitrogens with zero attached hydrogens (tertiary/aromatic N) is 4. The van der Waals surface area contributed by atoms with Crippen LogP contribution in [0.4, 0.5) is 17.6 Å². The van der Waals surface area contributed by atoms with E-state index in [0.717, 1.165) is 70.5 Å². The quantitative estimate of drug-likeness (QED) is 0.679. The maximum Gasteiger partial charge on any atom is 0.232 e. The number of thiocarbonyl (C=S) groups is 1. The lowest BCUT2D eigenvalue weighted by Gasteiger charge is -2.36. The molecule has 9 heteroatoms. The van der Waals surface area contributed by atoms with Crippen LogP contribution in [0.25, 0.3) is 0 Å². The van der Waals surface area contributed by atoms with E-state index in [9.17, 15) is 0 Å². The summed E-state index contributed by atoms with van der Waals surface area (Å²) in [6, 6.07) is 2.12. The molecule has 0 bridgehead atoms. The average molecular weight is 435 g/mol. The molecular weight excluding hydrogens is 400 g/mol. The van der Waals surface area contributed by atoms with Gasteiger partial charge in [-0.3, -0.25) is 0 Å². The van der Waals surface area contributed by atoms with Gasteiger partial charge in [-0.2, -0.15) is 9.97 Å². The van der Waals surface area contributed by atoms with E-state index in [1.807, 2.05) is 0 Å². The SMILES string of the molecule is C[C@@H]1C[C@@H](C)CN(c2cc(N3CCOCC3)nc(NC(=S)NC[C@@H]3CCCO3)n2)C1. The predicted molar refractivity (Wildman–Crippen MR) is 123 cm³/mol. The monoisotopic (exact) mass is 434 g/mol. The molecule has 1 aromatic heterocycles. The Kier molecular flexibility index (Phi) is 7.22. The maximum atomic E-state index is 5.66. The van der Waals surface area contributed by atoms with E-state index >= 15 is 0 Å². The molecule has 4 rings (SSSR count). The largest absolute Gasteiger partial charge is 0.378 e. The van der Waals surface area contributed by atoms with Crippen molar-refractivity contribution in [3.8, 4) is 0 Å². The number of rotatable bonds is 5. The Balaban J connectivity index is 1.49. The van der Waals surface area contributed by atoms with Gasteiger partial charge in [-0.15, -0.1) is 0 Å². The maximum absolute atomic E-state index is 5.66. The molecule has 8 nitrogen and oxygen atoms in total. The van der Waals surface area contributed by atoms with E-state index in [4.69, 9.17) is 31.7 Å². The van der Waals surface area contributed by atoms with Crippen molar-refractivity contribution in [2.24, 2.45) is 11.8 Å². The molecule has 2 N–H and O–H groups in total. The van der Waals surface area contributed by atoms with E-state index in [1.165, 1.54) is 6.42 Å². The molecule has 3 aliphatic rings. The number of aromatic nitrogens is 2. The van der Waals surface area contributed by atoms with Gasteiger partial charge in [0, 0.05) is 45.4 Å². The van der Waals surface area contributed by atoms with Gasteiger partial charge in [0.15, 0.2) is 5.11 Å². The molecule has 0 amide bonds. The number of piperidine rings is 1. The first-order valence-electron chi connectivity index (χ1n) is 11.2. The second-order valence-electron chi connectivity index (χ2n) is 8.83. The fourth-order valence-corrected chi connectivity index (χ4v) is 4.78. The molecule has 0 saturated carbocycles. The third-order valence-electron chi connectivity index (χ3n) is 5.97. The summed E-state index contributed by atoms with van der Waals surface area (Å²) in [5, 5.41) is 7.00. The molecule has 3 fully saturated rings. The highest BCUT2D eigenvalue weighted by molar-refractivity contribution is 7.80. The minimum atomic E-state index is 0.234. The van der Waals surface area contributed by atoms with Crippen molar-refractivity contribution in [2.45, 2.75) is 39.2 Å². The highest BCUT2D eigenvalue weighted by Crippen LogP contribution is 2.28. The van der Waals surface area contributed by atoms with E-state index in [0.29, 0.717) is 29.4 Å². The smallest absolute Gasteiger partial charge is 0.232 e. The van der Waals surface area contributed by atoms with Crippen LogP contribution in [0.2, 0.25) is 0 Å². The third kappa shape index (κ3) is 5.70. The number of anilines is 3. The standard InChI is InChI=1S/C21H34N6O2S/c1-15-10-16(2)14-27(13-15)19-11-18(26-5-8-28-9-6-26)23-20(24-19)25-21(30)22-12-17-4-3-7-29-17/h11,15-17H,3-10,12-14H2,1-2H3,(H2,22,23,24,25,30)/t15-,16-,17+/m1/s1. The van der Waals surface area contributed by atoms with Crippen LogP contribution in [-0.4, -0.2) is 73.7 Å². The average Bonchev–Trinajstić information content (AvgIpc) is 3.26. The van der Waals surface area contributed by atoms with Crippen molar-refractivity contribution in [3.63, 3.8) is 0 Å². The molecule has 166 valence electrons. The molecule has 0 spiro atoms.